The highest BCUT2D eigenvalue weighted by Gasteiger charge is 2.31. The lowest BCUT2D eigenvalue weighted by molar-refractivity contribution is 0.493. The number of hydrogen-bond acceptors (Lipinski definition) is 3. The van der Waals surface area contributed by atoms with Crippen molar-refractivity contribution in [1.82, 2.24) is 9.88 Å². The van der Waals surface area contributed by atoms with E-state index in [2.05, 4.69) is 18.3 Å². The molecule has 1 heterocycles. The molecule has 0 bridgehead atoms. The van der Waals surface area contributed by atoms with Gasteiger partial charge in [-0.1, -0.05) is 13.0 Å². The Bertz CT molecular complexity index is 637. The van der Waals surface area contributed by atoms with Crippen molar-refractivity contribution in [3.8, 4) is 0 Å². The molecule has 0 amide bonds. The number of nitrogens with one attached hydrogen (secondary N) is 1. The summed E-state index contributed by atoms with van der Waals surface area (Å²) in [5.41, 5.74) is 2.82. The van der Waals surface area contributed by atoms with Crippen LogP contribution in [-0.4, -0.2) is 11.1 Å². The molecule has 1 aromatic carbocycles. The fourth-order valence-electron chi connectivity index (χ4n) is 2.78. The monoisotopic (exact) mass is 260 g/mol. The SMILES string of the molecule is CCNC(c1ccc2c(c1)oc(=O)n2CC)C1CC1. The van der Waals surface area contributed by atoms with Gasteiger partial charge in [-0.2, -0.15) is 0 Å². The molecule has 2 aromatic rings. The van der Waals surface area contributed by atoms with Gasteiger partial charge in [-0.05, 0) is 49.9 Å². The fraction of sp³-hybridized carbons (Fsp3) is 0.533. The summed E-state index contributed by atoms with van der Waals surface area (Å²) in [5, 5.41) is 3.53. The molecule has 4 heteroatoms. The van der Waals surface area contributed by atoms with Gasteiger partial charge in [-0.25, -0.2) is 4.79 Å². The third-order valence-corrected chi connectivity index (χ3v) is 3.89. The van der Waals surface area contributed by atoms with E-state index in [1.54, 1.807) is 4.57 Å². The van der Waals surface area contributed by atoms with Crippen LogP contribution < -0.4 is 11.1 Å². The van der Waals surface area contributed by atoms with E-state index >= 15 is 0 Å². The number of rotatable bonds is 5. The molecule has 3 rings (SSSR count). The molecular weight excluding hydrogens is 240 g/mol. The zero-order valence-electron chi connectivity index (χ0n) is 11.5. The summed E-state index contributed by atoms with van der Waals surface area (Å²) in [6.45, 7) is 5.68. The average Bonchev–Trinajstić information content (AvgIpc) is 3.18. The van der Waals surface area contributed by atoms with Crippen LogP contribution in [0.1, 0.15) is 38.3 Å². The Morgan fingerprint density at radius 3 is 2.84 bits per heavy atom. The molecule has 1 atom stereocenters. The van der Waals surface area contributed by atoms with Crippen molar-refractivity contribution >= 4 is 11.1 Å². The first-order valence-corrected chi connectivity index (χ1v) is 7.11. The highest BCUT2D eigenvalue weighted by Crippen LogP contribution is 2.41. The van der Waals surface area contributed by atoms with Gasteiger partial charge in [0.25, 0.3) is 0 Å². The molecule has 1 saturated carbocycles. The van der Waals surface area contributed by atoms with Crippen LogP contribution in [0.25, 0.3) is 11.1 Å². The minimum absolute atomic E-state index is 0.263. The van der Waals surface area contributed by atoms with Gasteiger partial charge in [0, 0.05) is 12.6 Å². The van der Waals surface area contributed by atoms with Crippen LogP contribution in [0.2, 0.25) is 0 Å². The summed E-state index contributed by atoms with van der Waals surface area (Å²) >= 11 is 0. The third-order valence-electron chi connectivity index (χ3n) is 3.89. The standard InChI is InChI=1S/C15H20N2O2/c1-3-16-14(10-5-6-10)11-7-8-12-13(9-11)19-15(18)17(12)4-2/h7-10,14,16H,3-6H2,1-2H3. The molecular formula is C15H20N2O2. The van der Waals surface area contributed by atoms with Crippen LogP contribution in [0.3, 0.4) is 0 Å². The molecule has 19 heavy (non-hydrogen) atoms. The lowest BCUT2D eigenvalue weighted by atomic mass is 10.0. The molecule has 1 aliphatic carbocycles. The molecule has 1 unspecified atom stereocenters. The summed E-state index contributed by atoms with van der Waals surface area (Å²) < 4.78 is 7.00. The van der Waals surface area contributed by atoms with Crippen LogP contribution in [-0.2, 0) is 6.54 Å². The smallest absolute Gasteiger partial charge is 0.408 e. The number of aromatic nitrogens is 1. The maximum atomic E-state index is 11.7. The molecule has 0 saturated heterocycles. The van der Waals surface area contributed by atoms with Crippen LogP contribution in [0, 0.1) is 5.92 Å². The predicted octanol–water partition coefficient (Wildman–Crippen LogP) is 2.68. The van der Waals surface area contributed by atoms with Crippen molar-refractivity contribution in [3.05, 3.63) is 34.3 Å². The number of aryl methyl sites for hydroxylation is 1. The van der Waals surface area contributed by atoms with Crippen LogP contribution in [0.15, 0.2) is 27.4 Å². The van der Waals surface area contributed by atoms with Gasteiger partial charge >= 0.3 is 5.76 Å². The van der Waals surface area contributed by atoms with Gasteiger partial charge in [-0.15, -0.1) is 0 Å². The van der Waals surface area contributed by atoms with Gasteiger partial charge in [-0.3, -0.25) is 4.57 Å². The molecule has 1 aromatic heterocycles. The molecule has 1 N–H and O–H groups in total. The number of hydrogen-bond donors (Lipinski definition) is 1. The Labute approximate surface area is 112 Å². The normalized spacial score (nSPS) is 16.9. The lowest BCUT2D eigenvalue weighted by Crippen LogP contribution is -2.22. The van der Waals surface area contributed by atoms with Crippen molar-refractivity contribution in [3.63, 3.8) is 0 Å². The first-order chi connectivity index (χ1) is 9.24. The summed E-state index contributed by atoms with van der Waals surface area (Å²) in [4.78, 5) is 11.7. The van der Waals surface area contributed by atoms with Crippen LogP contribution in [0.5, 0.6) is 0 Å². The Hall–Kier alpha value is -1.55. The summed E-state index contributed by atoms with van der Waals surface area (Å²) in [6.07, 6.45) is 2.57. The van der Waals surface area contributed by atoms with Gasteiger partial charge in [0.2, 0.25) is 0 Å². The first kappa shape index (κ1) is 12.5. The van der Waals surface area contributed by atoms with Crippen LogP contribution >= 0.6 is 0 Å². The summed E-state index contributed by atoms with van der Waals surface area (Å²) in [7, 11) is 0. The van der Waals surface area contributed by atoms with E-state index in [1.165, 1.54) is 18.4 Å². The molecule has 0 aliphatic heterocycles. The second kappa shape index (κ2) is 4.85. The average molecular weight is 260 g/mol. The van der Waals surface area contributed by atoms with Gasteiger partial charge in [0.15, 0.2) is 5.58 Å². The van der Waals surface area contributed by atoms with E-state index in [0.29, 0.717) is 18.2 Å². The number of benzene rings is 1. The molecule has 102 valence electrons. The number of oxazole rings is 1. The van der Waals surface area contributed by atoms with Crippen molar-refractivity contribution in [1.29, 1.82) is 0 Å². The zero-order valence-corrected chi connectivity index (χ0v) is 11.5. The van der Waals surface area contributed by atoms with Crippen LogP contribution in [0.4, 0.5) is 0 Å². The van der Waals surface area contributed by atoms with E-state index < -0.39 is 0 Å². The quantitative estimate of drug-likeness (QED) is 0.899. The maximum Gasteiger partial charge on any atom is 0.419 e. The van der Waals surface area contributed by atoms with Crippen molar-refractivity contribution in [2.45, 2.75) is 39.3 Å². The predicted molar refractivity (Wildman–Crippen MR) is 75.3 cm³/mol. The van der Waals surface area contributed by atoms with E-state index in [-0.39, 0.29) is 5.76 Å². The van der Waals surface area contributed by atoms with E-state index in [0.717, 1.165) is 18.0 Å². The second-order valence-electron chi connectivity index (χ2n) is 5.21. The maximum absolute atomic E-state index is 11.7. The van der Waals surface area contributed by atoms with Gasteiger partial charge in [0.1, 0.15) is 0 Å². The summed E-state index contributed by atoms with van der Waals surface area (Å²) in [5.74, 6) is 0.471. The van der Waals surface area contributed by atoms with E-state index in [1.807, 2.05) is 19.1 Å². The minimum Gasteiger partial charge on any atom is -0.408 e. The van der Waals surface area contributed by atoms with Crippen molar-refractivity contribution in [2.75, 3.05) is 6.54 Å². The number of fused-ring (bicyclic) bond motifs is 1. The van der Waals surface area contributed by atoms with E-state index in [9.17, 15) is 4.79 Å². The first-order valence-electron chi connectivity index (χ1n) is 7.11. The Morgan fingerprint density at radius 1 is 1.42 bits per heavy atom. The largest absolute Gasteiger partial charge is 0.419 e. The molecule has 0 radical (unpaired) electrons. The number of nitrogens with zero attached hydrogens (tertiary/aromatic N) is 1. The lowest BCUT2D eigenvalue weighted by Gasteiger charge is -2.17. The second-order valence-corrected chi connectivity index (χ2v) is 5.21. The molecule has 4 nitrogen and oxygen atoms in total. The van der Waals surface area contributed by atoms with Crippen molar-refractivity contribution in [2.24, 2.45) is 5.92 Å². The Balaban J connectivity index is 2.03. The minimum atomic E-state index is -0.263. The molecule has 1 fully saturated rings. The van der Waals surface area contributed by atoms with Gasteiger partial charge < -0.3 is 9.73 Å². The summed E-state index contributed by atoms with van der Waals surface area (Å²) in [6, 6.07) is 6.54. The molecule has 1 aliphatic rings. The van der Waals surface area contributed by atoms with Gasteiger partial charge in [0.05, 0.1) is 5.52 Å². The topological polar surface area (TPSA) is 47.2 Å². The highest BCUT2D eigenvalue weighted by molar-refractivity contribution is 5.74. The highest BCUT2D eigenvalue weighted by atomic mass is 16.4. The van der Waals surface area contributed by atoms with E-state index in [4.69, 9.17) is 4.42 Å². The zero-order chi connectivity index (χ0) is 13.4. The Morgan fingerprint density at radius 2 is 2.21 bits per heavy atom. The fourth-order valence-corrected chi connectivity index (χ4v) is 2.78. The third kappa shape index (κ3) is 2.21. The Kier molecular flexibility index (Phi) is 3.19. The van der Waals surface area contributed by atoms with Crippen molar-refractivity contribution < 1.29 is 4.42 Å². The molecule has 0 spiro atoms.